The van der Waals surface area contributed by atoms with Gasteiger partial charge in [-0.05, 0) is 11.3 Å². The topological polar surface area (TPSA) is 9.23 Å². The maximum Gasteiger partial charge on any atom is 0.0925 e. The van der Waals surface area contributed by atoms with Crippen molar-refractivity contribution in [3.8, 4) is 0 Å². The molecule has 0 unspecified atom stereocenters. The molecule has 1 aromatic carbocycles. The van der Waals surface area contributed by atoms with Gasteiger partial charge < -0.3 is 4.74 Å². The fourth-order valence-electron chi connectivity index (χ4n) is 0.876. The Morgan fingerprint density at radius 3 is 2.67 bits per heavy atom. The zero-order valence-corrected chi connectivity index (χ0v) is 8.14. The van der Waals surface area contributed by atoms with E-state index in [-0.39, 0.29) is 0 Å². The van der Waals surface area contributed by atoms with Crippen molar-refractivity contribution in [1.82, 2.24) is 0 Å². The minimum atomic E-state index is 0.730. The third kappa shape index (κ3) is 3.79. The molecule has 0 atom stereocenters. The normalized spacial score (nSPS) is 10.1. The SMILES string of the molecule is CCSCOCc1ccccc1. The van der Waals surface area contributed by atoms with E-state index in [1.165, 1.54) is 5.56 Å². The van der Waals surface area contributed by atoms with Gasteiger partial charge in [0.2, 0.25) is 0 Å². The van der Waals surface area contributed by atoms with Crippen LogP contribution in [-0.2, 0) is 11.3 Å². The fourth-order valence-corrected chi connectivity index (χ4v) is 1.24. The van der Waals surface area contributed by atoms with Gasteiger partial charge in [-0.15, -0.1) is 11.8 Å². The van der Waals surface area contributed by atoms with Crippen molar-refractivity contribution in [2.75, 3.05) is 11.7 Å². The second-order valence-corrected chi connectivity index (χ2v) is 3.67. The van der Waals surface area contributed by atoms with E-state index in [9.17, 15) is 0 Å². The maximum atomic E-state index is 5.42. The maximum absolute atomic E-state index is 5.42. The first-order chi connectivity index (χ1) is 5.93. The number of benzene rings is 1. The van der Waals surface area contributed by atoms with Crippen molar-refractivity contribution >= 4 is 11.8 Å². The summed E-state index contributed by atoms with van der Waals surface area (Å²) in [6.07, 6.45) is 0. The first-order valence-electron chi connectivity index (χ1n) is 4.13. The van der Waals surface area contributed by atoms with Crippen LogP contribution >= 0.6 is 11.8 Å². The molecule has 0 N–H and O–H groups in total. The van der Waals surface area contributed by atoms with Crippen molar-refractivity contribution in [3.63, 3.8) is 0 Å². The van der Waals surface area contributed by atoms with E-state index in [1.807, 2.05) is 18.2 Å². The third-order valence-electron chi connectivity index (χ3n) is 1.48. The molecule has 0 aliphatic heterocycles. The molecule has 0 radical (unpaired) electrons. The van der Waals surface area contributed by atoms with Crippen LogP contribution in [0.25, 0.3) is 0 Å². The molecule has 1 rings (SSSR count). The van der Waals surface area contributed by atoms with Gasteiger partial charge >= 0.3 is 0 Å². The van der Waals surface area contributed by atoms with Crippen LogP contribution in [0.3, 0.4) is 0 Å². The van der Waals surface area contributed by atoms with Crippen LogP contribution in [0.5, 0.6) is 0 Å². The first kappa shape index (κ1) is 9.62. The molecule has 0 amide bonds. The monoisotopic (exact) mass is 182 g/mol. The Balaban J connectivity index is 2.16. The van der Waals surface area contributed by atoms with Gasteiger partial charge in [-0.1, -0.05) is 37.3 Å². The summed E-state index contributed by atoms with van der Waals surface area (Å²) in [6, 6.07) is 10.2. The largest absolute Gasteiger partial charge is 0.366 e. The van der Waals surface area contributed by atoms with Crippen LogP contribution in [-0.4, -0.2) is 11.7 Å². The zero-order valence-electron chi connectivity index (χ0n) is 7.32. The molecule has 0 aliphatic carbocycles. The van der Waals surface area contributed by atoms with Gasteiger partial charge in [-0.25, -0.2) is 0 Å². The number of rotatable bonds is 5. The number of ether oxygens (including phenoxy) is 1. The van der Waals surface area contributed by atoms with Gasteiger partial charge in [-0.3, -0.25) is 0 Å². The van der Waals surface area contributed by atoms with Crippen molar-refractivity contribution < 1.29 is 4.74 Å². The Bertz CT molecular complexity index is 198. The lowest BCUT2D eigenvalue weighted by Crippen LogP contribution is -1.91. The molecule has 0 bridgehead atoms. The summed E-state index contributed by atoms with van der Waals surface area (Å²) in [5.41, 5.74) is 1.24. The van der Waals surface area contributed by atoms with E-state index < -0.39 is 0 Å². The van der Waals surface area contributed by atoms with Gasteiger partial charge in [0.05, 0.1) is 12.5 Å². The molecule has 1 aromatic rings. The smallest absolute Gasteiger partial charge is 0.0925 e. The molecule has 0 heterocycles. The van der Waals surface area contributed by atoms with E-state index in [0.29, 0.717) is 0 Å². The Morgan fingerprint density at radius 2 is 2.00 bits per heavy atom. The van der Waals surface area contributed by atoms with E-state index in [4.69, 9.17) is 4.74 Å². The van der Waals surface area contributed by atoms with Crippen LogP contribution in [0.1, 0.15) is 12.5 Å². The van der Waals surface area contributed by atoms with Crippen molar-refractivity contribution in [2.45, 2.75) is 13.5 Å². The van der Waals surface area contributed by atoms with E-state index in [2.05, 4.69) is 19.1 Å². The van der Waals surface area contributed by atoms with Gasteiger partial charge in [0, 0.05) is 0 Å². The summed E-state index contributed by atoms with van der Waals surface area (Å²) < 4.78 is 5.42. The van der Waals surface area contributed by atoms with Crippen molar-refractivity contribution in [2.24, 2.45) is 0 Å². The van der Waals surface area contributed by atoms with Crippen molar-refractivity contribution in [1.29, 1.82) is 0 Å². The predicted octanol–water partition coefficient (Wildman–Crippen LogP) is 2.91. The lowest BCUT2D eigenvalue weighted by Gasteiger charge is -2.01. The second-order valence-electron chi connectivity index (χ2n) is 2.44. The van der Waals surface area contributed by atoms with Crippen LogP contribution in [0.2, 0.25) is 0 Å². The van der Waals surface area contributed by atoms with Crippen LogP contribution in [0.4, 0.5) is 0 Å². The lowest BCUT2D eigenvalue weighted by molar-refractivity contribution is 0.169. The number of hydrogen-bond donors (Lipinski definition) is 0. The molecule has 0 spiro atoms. The molecule has 0 aliphatic rings. The lowest BCUT2D eigenvalue weighted by atomic mass is 10.2. The highest BCUT2D eigenvalue weighted by Gasteiger charge is 1.89. The molecule has 0 aromatic heterocycles. The van der Waals surface area contributed by atoms with E-state index >= 15 is 0 Å². The average Bonchev–Trinajstić information content (AvgIpc) is 2.14. The molecular weight excluding hydrogens is 168 g/mol. The molecule has 1 nitrogen and oxygen atoms in total. The quantitative estimate of drug-likeness (QED) is 0.511. The Hall–Kier alpha value is -0.470. The zero-order chi connectivity index (χ0) is 8.65. The fraction of sp³-hybridized carbons (Fsp3) is 0.400. The van der Waals surface area contributed by atoms with Crippen LogP contribution < -0.4 is 0 Å². The summed E-state index contributed by atoms with van der Waals surface area (Å²) in [5, 5.41) is 0. The molecule has 66 valence electrons. The minimum Gasteiger partial charge on any atom is -0.366 e. The van der Waals surface area contributed by atoms with Gasteiger partial charge in [0.25, 0.3) is 0 Å². The molecule has 0 fully saturated rings. The van der Waals surface area contributed by atoms with E-state index in [1.54, 1.807) is 11.8 Å². The summed E-state index contributed by atoms with van der Waals surface area (Å²) in [6.45, 7) is 2.87. The standard InChI is InChI=1S/C10H14OS/c1-2-12-9-11-8-10-6-4-3-5-7-10/h3-7H,2,8-9H2,1H3. The highest BCUT2D eigenvalue weighted by molar-refractivity contribution is 7.99. The van der Waals surface area contributed by atoms with Gasteiger partial charge in [-0.2, -0.15) is 0 Å². The predicted molar refractivity (Wildman–Crippen MR) is 54.2 cm³/mol. The summed E-state index contributed by atoms with van der Waals surface area (Å²) >= 11 is 1.81. The molecule has 12 heavy (non-hydrogen) atoms. The Kier molecular flexibility index (Phi) is 4.88. The molecule has 0 saturated carbocycles. The second kappa shape index (κ2) is 6.09. The van der Waals surface area contributed by atoms with Crippen molar-refractivity contribution in [3.05, 3.63) is 35.9 Å². The number of hydrogen-bond acceptors (Lipinski definition) is 2. The first-order valence-corrected chi connectivity index (χ1v) is 5.28. The average molecular weight is 182 g/mol. The third-order valence-corrected chi connectivity index (χ3v) is 2.22. The van der Waals surface area contributed by atoms with Crippen LogP contribution in [0, 0.1) is 0 Å². The summed E-state index contributed by atoms with van der Waals surface area (Å²) in [5.74, 6) is 1.92. The minimum absolute atomic E-state index is 0.730. The highest BCUT2D eigenvalue weighted by Crippen LogP contribution is 2.04. The summed E-state index contributed by atoms with van der Waals surface area (Å²) in [4.78, 5) is 0. The molecule has 0 saturated heterocycles. The Morgan fingerprint density at radius 1 is 1.25 bits per heavy atom. The number of thioether (sulfide) groups is 1. The molecule has 2 heteroatoms. The van der Waals surface area contributed by atoms with Gasteiger partial charge in [0.1, 0.15) is 0 Å². The highest BCUT2D eigenvalue weighted by atomic mass is 32.2. The van der Waals surface area contributed by atoms with E-state index in [0.717, 1.165) is 18.3 Å². The van der Waals surface area contributed by atoms with Crippen LogP contribution in [0.15, 0.2) is 30.3 Å². The molecular formula is C10H14OS. The van der Waals surface area contributed by atoms with Gasteiger partial charge in [0.15, 0.2) is 0 Å². The summed E-state index contributed by atoms with van der Waals surface area (Å²) in [7, 11) is 0. The Labute approximate surface area is 78.1 Å².